The number of amides is 2. The third-order valence-corrected chi connectivity index (χ3v) is 6.60. The highest BCUT2D eigenvalue weighted by molar-refractivity contribution is 8.00. The van der Waals surface area contributed by atoms with Crippen LogP contribution in [0.4, 0.5) is 5.69 Å². The van der Waals surface area contributed by atoms with Crippen LogP contribution in [0.25, 0.3) is 0 Å². The van der Waals surface area contributed by atoms with E-state index in [1.165, 1.54) is 5.56 Å². The van der Waals surface area contributed by atoms with Crippen molar-refractivity contribution in [3.05, 3.63) is 102 Å². The normalized spacial score (nSPS) is 16.0. The first kappa shape index (κ1) is 20.2. The molecule has 1 fully saturated rings. The van der Waals surface area contributed by atoms with Crippen LogP contribution in [0.2, 0.25) is 0 Å². The van der Waals surface area contributed by atoms with E-state index in [1.54, 1.807) is 23.7 Å². The lowest BCUT2D eigenvalue weighted by Gasteiger charge is -2.24. The predicted molar refractivity (Wildman–Crippen MR) is 123 cm³/mol. The molecule has 152 valence electrons. The monoisotopic (exact) mass is 416 g/mol. The number of carbonyl (C=O) groups is 2. The van der Waals surface area contributed by atoms with E-state index in [0.717, 1.165) is 17.7 Å². The molecule has 4 nitrogen and oxygen atoms in total. The summed E-state index contributed by atoms with van der Waals surface area (Å²) in [4.78, 5) is 28.9. The van der Waals surface area contributed by atoms with Gasteiger partial charge in [0.1, 0.15) is 5.37 Å². The SMILES string of the molecule is CN(C(=O)c1ccc([C@H]2SCC(=O)N2CCc2ccccc2)cc1)c1ccccc1. The van der Waals surface area contributed by atoms with E-state index in [1.807, 2.05) is 77.7 Å². The lowest BCUT2D eigenvalue weighted by Crippen LogP contribution is -2.30. The Balaban J connectivity index is 1.46. The number of thioether (sulfide) groups is 1. The number of carbonyl (C=O) groups excluding carboxylic acids is 2. The third-order valence-electron chi connectivity index (χ3n) is 5.34. The van der Waals surface area contributed by atoms with Crippen molar-refractivity contribution in [3.63, 3.8) is 0 Å². The van der Waals surface area contributed by atoms with Gasteiger partial charge in [0.15, 0.2) is 0 Å². The molecule has 0 saturated carbocycles. The van der Waals surface area contributed by atoms with Crippen LogP contribution in [0.5, 0.6) is 0 Å². The molecule has 1 heterocycles. The molecule has 1 aliphatic heterocycles. The number of nitrogens with zero attached hydrogens (tertiary/aromatic N) is 2. The summed E-state index contributed by atoms with van der Waals surface area (Å²) in [5.74, 6) is 0.616. The van der Waals surface area contributed by atoms with E-state index in [4.69, 9.17) is 0 Å². The average Bonchev–Trinajstić information content (AvgIpc) is 3.18. The molecule has 0 aliphatic carbocycles. The van der Waals surface area contributed by atoms with Crippen molar-refractivity contribution in [2.45, 2.75) is 11.8 Å². The number of para-hydroxylation sites is 1. The fourth-order valence-corrected chi connectivity index (χ4v) is 4.84. The van der Waals surface area contributed by atoms with E-state index < -0.39 is 0 Å². The number of hydrogen-bond acceptors (Lipinski definition) is 3. The van der Waals surface area contributed by atoms with Gasteiger partial charge in [-0.2, -0.15) is 0 Å². The van der Waals surface area contributed by atoms with Gasteiger partial charge in [0, 0.05) is 24.8 Å². The first-order chi connectivity index (χ1) is 14.6. The summed E-state index contributed by atoms with van der Waals surface area (Å²) in [6, 6.07) is 27.5. The zero-order valence-electron chi connectivity index (χ0n) is 16.9. The van der Waals surface area contributed by atoms with Crippen LogP contribution in [0.1, 0.15) is 26.9 Å². The fraction of sp³-hybridized carbons (Fsp3) is 0.200. The van der Waals surface area contributed by atoms with E-state index in [-0.39, 0.29) is 17.2 Å². The summed E-state index contributed by atoms with van der Waals surface area (Å²) in [6.45, 7) is 0.692. The Bertz CT molecular complexity index is 1010. The zero-order chi connectivity index (χ0) is 20.9. The third kappa shape index (κ3) is 4.41. The molecule has 2 amide bonds. The average molecular weight is 417 g/mol. The molecule has 1 saturated heterocycles. The van der Waals surface area contributed by atoms with Crippen LogP contribution in [0.15, 0.2) is 84.9 Å². The first-order valence-electron chi connectivity index (χ1n) is 10.0. The molecule has 0 bridgehead atoms. The second-order valence-electron chi connectivity index (χ2n) is 7.31. The Morgan fingerprint density at radius 2 is 1.60 bits per heavy atom. The largest absolute Gasteiger partial charge is 0.326 e. The predicted octanol–water partition coefficient (Wildman–Crippen LogP) is 4.78. The van der Waals surface area contributed by atoms with Gasteiger partial charge in [-0.15, -0.1) is 11.8 Å². The Morgan fingerprint density at radius 1 is 0.967 bits per heavy atom. The maximum absolute atomic E-state index is 12.8. The molecule has 0 radical (unpaired) electrons. The summed E-state index contributed by atoms with van der Waals surface area (Å²) in [5, 5.41) is -0.00258. The topological polar surface area (TPSA) is 40.6 Å². The van der Waals surface area contributed by atoms with Crippen LogP contribution in [0, 0.1) is 0 Å². The van der Waals surface area contributed by atoms with E-state index in [0.29, 0.717) is 17.9 Å². The number of anilines is 1. The lowest BCUT2D eigenvalue weighted by atomic mass is 10.1. The number of rotatable bonds is 6. The van der Waals surface area contributed by atoms with Crippen molar-refractivity contribution >= 4 is 29.3 Å². The van der Waals surface area contributed by atoms with Gasteiger partial charge in [-0.25, -0.2) is 0 Å². The number of benzene rings is 3. The Hall–Kier alpha value is -3.05. The molecule has 1 atom stereocenters. The number of hydrogen-bond donors (Lipinski definition) is 0. The second-order valence-corrected chi connectivity index (χ2v) is 8.38. The fourth-order valence-electron chi connectivity index (χ4n) is 3.62. The summed E-state index contributed by atoms with van der Waals surface area (Å²) < 4.78 is 0. The Labute approximate surface area is 181 Å². The van der Waals surface area contributed by atoms with E-state index in [9.17, 15) is 9.59 Å². The van der Waals surface area contributed by atoms with Gasteiger partial charge in [-0.05, 0) is 41.8 Å². The maximum Gasteiger partial charge on any atom is 0.258 e. The molecule has 3 aromatic rings. The molecule has 0 N–H and O–H groups in total. The van der Waals surface area contributed by atoms with E-state index in [2.05, 4.69) is 12.1 Å². The smallest absolute Gasteiger partial charge is 0.258 e. The van der Waals surface area contributed by atoms with Crippen molar-refractivity contribution in [3.8, 4) is 0 Å². The van der Waals surface area contributed by atoms with Crippen LogP contribution in [-0.2, 0) is 11.2 Å². The standard InChI is InChI=1S/C25H24N2O2S/c1-26(22-10-6-3-7-11-22)24(29)20-12-14-21(15-13-20)25-27(23(28)18-30-25)17-16-19-8-4-2-5-9-19/h2-15,25H,16-18H2,1H3/t25-/m1/s1. The molecule has 5 heteroatoms. The summed E-state index contributed by atoms with van der Waals surface area (Å²) in [6.07, 6.45) is 0.835. The minimum Gasteiger partial charge on any atom is -0.326 e. The van der Waals surface area contributed by atoms with Crippen LogP contribution in [0.3, 0.4) is 0 Å². The molecular formula is C25H24N2O2S. The molecule has 30 heavy (non-hydrogen) atoms. The van der Waals surface area contributed by atoms with Crippen molar-refractivity contribution in [1.82, 2.24) is 4.90 Å². The minimum atomic E-state index is -0.0520. The summed E-state index contributed by atoms with van der Waals surface area (Å²) >= 11 is 1.65. The van der Waals surface area contributed by atoms with E-state index >= 15 is 0 Å². The van der Waals surface area contributed by atoms with Crippen molar-refractivity contribution in [1.29, 1.82) is 0 Å². The molecule has 4 rings (SSSR count). The highest BCUT2D eigenvalue weighted by Crippen LogP contribution is 2.38. The van der Waals surface area contributed by atoms with Crippen LogP contribution in [-0.4, -0.2) is 36.1 Å². The summed E-state index contributed by atoms with van der Waals surface area (Å²) in [5.41, 5.74) is 3.77. The quantitative estimate of drug-likeness (QED) is 0.581. The molecule has 3 aromatic carbocycles. The summed E-state index contributed by atoms with van der Waals surface area (Å²) in [7, 11) is 1.78. The van der Waals surface area contributed by atoms with Gasteiger partial charge in [0.05, 0.1) is 5.75 Å². The highest BCUT2D eigenvalue weighted by Gasteiger charge is 2.32. The van der Waals surface area contributed by atoms with Crippen molar-refractivity contribution in [2.75, 3.05) is 24.2 Å². The molecule has 0 aromatic heterocycles. The van der Waals surface area contributed by atoms with Gasteiger partial charge >= 0.3 is 0 Å². The first-order valence-corrected chi connectivity index (χ1v) is 11.1. The molecular weight excluding hydrogens is 392 g/mol. The Kier molecular flexibility index (Phi) is 6.19. The van der Waals surface area contributed by atoms with Gasteiger partial charge in [-0.3, -0.25) is 9.59 Å². The van der Waals surface area contributed by atoms with Crippen LogP contribution >= 0.6 is 11.8 Å². The highest BCUT2D eigenvalue weighted by atomic mass is 32.2. The van der Waals surface area contributed by atoms with Gasteiger partial charge in [0.2, 0.25) is 5.91 Å². The second kappa shape index (κ2) is 9.18. The molecule has 1 aliphatic rings. The zero-order valence-corrected chi connectivity index (χ0v) is 17.7. The molecule has 0 unspecified atom stereocenters. The lowest BCUT2D eigenvalue weighted by molar-refractivity contribution is -0.128. The van der Waals surface area contributed by atoms with Gasteiger partial charge in [0.25, 0.3) is 5.91 Å². The Morgan fingerprint density at radius 3 is 2.27 bits per heavy atom. The maximum atomic E-state index is 12.8. The van der Waals surface area contributed by atoms with Crippen LogP contribution < -0.4 is 4.90 Å². The van der Waals surface area contributed by atoms with Crippen molar-refractivity contribution in [2.24, 2.45) is 0 Å². The van der Waals surface area contributed by atoms with Crippen molar-refractivity contribution < 1.29 is 9.59 Å². The van der Waals surface area contributed by atoms with Gasteiger partial charge < -0.3 is 9.80 Å². The molecule has 0 spiro atoms. The van der Waals surface area contributed by atoms with Gasteiger partial charge in [-0.1, -0.05) is 60.7 Å². The minimum absolute atomic E-state index is 0.00258.